The molecule has 5 aromatic rings. The van der Waals surface area contributed by atoms with Gasteiger partial charge in [-0.1, -0.05) is 18.5 Å². The molecule has 0 bridgehead atoms. The maximum atomic E-state index is 15.7. The monoisotopic (exact) mass is 869 g/mol. The summed E-state index contributed by atoms with van der Waals surface area (Å²) in [4.78, 5) is 68.1. The van der Waals surface area contributed by atoms with E-state index in [0.29, 0.717) is 68.4 Å². The van der Waals surface area contributed by atoms with Crippen LogP contribution in [0.4, 0.5) is 21.8 Å². The predicted molar refractivity (Wildman–Crippen MR) is 235 cm³/mol. The molecule has 3 atom stereocenters. The van der Waals surface area contributed by atoms with Gasteiger partial charge < -0.3 is 25.2 Å². The van der Waals surface area contributed by atoms with E-state index in [0.717, 1.165) is 63.9 Å². The minimum atomic E-state index is -0.572. The van der Waals surface area contributed by atoms with Crippen LogP contribution in [0.1, 0.15) is 88.4 Å². The van der Waals surface area contributed by atoms with Crippen LogP contribution in [0.2, 0.25) is 5.02 Å². The van der Waals surface area contributed by atoms with Crippen molar-refractivity contribution in [1.29, 1.82) is 0 Å². The number of fused-ring (bicyclic) bond motifs is 2. The molecule has 3 fully saturated rings. The number of aryl methyl sites for hydroxylation is 1. The summed E-state index contributed by atoms with van der Waals surface area (Å²) in [6, 6.07) is 6.66. The van der Waals surface area contributed by atoms with Crippen LogP contribution in [0.25, 0.3) is 21.9 Å². The van der Waals surface area contributed by atoms with Crippen molar-refractivity contribution < 1.29 is 23.5 Å². The summed E-state index contributed by atoms with van der Waals surface area (Å²) < 4.78 is 24.6. The summed E-state index contributed by atoms with van der Waals surface area (Å²) in [6.45, 7) is 10.2. The molecule has 0 spiro atoms. The summed E-state index contributed by atoms with van der Waals surface area (Å²) >= 11 is 6.61. The van der Waals surface area contributed by atoms with E-state index in [1.807, 2.05) is 33.0 Å². The zero-order chi connectivity index (χ0) is 43.8. The summed E-state index contributed by atoms with van der Waals surface area (Å²) in [5.41, 5.74) is 2.74. The second-order valence-corrected chi connectivity index (χ2v) is 17.6. The first-order valence-corrected chi connectivity index (χ1v) is 21.8. The number of piperidine rings is 3. The fourth-order valence-corrected chi connectivity index (χ4v) is 9.40. The number of aromatic nitrogens is 6. The molecule has 8 rings (SSSR count). The number of carbonyl (C=O) groups is 3. The van der Waals surface area contributed by atoms with Gasteiger partial charge in [-0.05, 0) is 113 Å². The van der Waals surface area contributed by atoms with E-state index in [4.69, 9.17) is 21.3 Å². The Bertz CT molecular complexity index is 2590. The molecule has 1 aromatic carbocycles. The van der Waals surface area contributed by atoms with Crippen molar-refractivity contribution in [2.24, 2.45) is 18.9 Å². The van der Waals surface area contributed by atoms with Crippen LogP contribution in [0.5, 0.6) is 5.75 Å². The summed E-state index contributed by atoms with van der Waals surface area (Å²) in [5.74, 6) is 0.257. The number of likely N-dealkylation sites (tertiary alicyclic amines) is 1. The lowest BCUT2D eigenvalue weighted by Gasteiger charge is -2.39. The number of hydrogen-bond acceptors (Lipinski definition) is 12. The van der Waals surface area contributed by atoms with Crippen molar-refractivity contribution >= 4 is 68.7 Å². The number of anilines is 3. The van der Waals surface area contributed by atoms with Crippen molar-refractivity contribution in [3.05, 3.63) is 69.1 Å². The Labute approximate surface area is 363 Å². The fraction of sp³-hybridized carbons (Fsp3) is 0.500. The lowest BCUT2D eigenvalue weighted by molar-refractivity contribution is -0.134. The van der Waals surface area contributed by atoms with Gasteiger partial charge in [-0.15, -0.1) is 0 Å². The van der Waals surface area contributed by atoms with Crippen molar-refractivity contribution in [2.75, 3.05) is 56.6 Å². The van der Waals surface area contributed by atoms with Crippen LogP contribution in [-0.4, -0.2) is 98.3 Å². The number of ether oxygens (including phenoxy) is 1. The number of nitrogens with zero attached hydrogens (tertiary/aromatic N) is 8. The molecule has 18 heteroatoms. The van der Waals surface area contributed by atoms with Gasteiger partial charge in [-0.3, -0.25) is 33.7 Å². The normalized spacial score (nSPS) is 20.3. The van der Waals surface area contributed by atoms with E-state index < -0.39 is 5.92 Å². The average Bonchev–Trinajstić information content (AvgIpc) is 3.56. The molecule has 62 heavy (non-hydrogen) atoms. The van der Waals surface area contributed by atoms with Gasteiger partial charge in [0.1, 0.15) is 16.5 Å². The van der Waals surface area contributed by atoms with Gasteiger partial charge in [-0.25, -0.2) is 14.4 Å². The molecule has 4 aromatic heterocycles. The number of benzene rings is 1. The molecule has 3 amide bonds. The van der Waals surface area contributed by atoms with Crippen molar-refractivity contribution in [2.45, 2.75) is 77.2 Å². The van der Waals surface area contributed by atoms with E-state index in [1.165, 1.54) is 13.1 Å². The third-order valence-electron chi connectivity index (χ3n) is 12.8. The second-order valence-electron chi connectivity index (χ2n) is 17.1. The maximum absolute atomic E-state index is 15.7. The number of rotatable bonds is 12. The van der Waals surface area contributed by atoms with E-state index in [9.17, 15) is 19.2 Å². The van der Waals surface area contributed by atoms with Crippen molar-refractivity contribution in [1.82, 2.24) is 44.8 Å². The van der Waals surface area contributed by atoms with Crippen LogP contribution in [-0.2, 0) is 21.4 Å². The molecule has 328 valence electrons. The molecular formula is C44H53ClFN11O5. The van der Waals surface area contributed by atoms with E-state index in [2.05, 4.69) is 47.7 Å². The van der Waals surface area contributed by atoms with Gasteiger partial charge >= 0.3 is 0 Å². The number of carbonyl (C=O) groups excluding carboxylic acids is 3. The first kappa shape index (κ1) is 43.0. The highest BCUT2D eigenvalue weighted by Crippen LogP contribution is 2.37. The zero-order valence-electron chi connectivity index (χ0n) is 35.7. The Morgan fingerprint density at radius 2 is 1.84 bits per heavy atom. The highest BCUT2D eigenvalue weighted by molar-refractivity contribution is 6.33. The average molecular weight is 870 g/mol. The van der Waals surface area contributed by atoms with Crippen LogP contribution in [0, 0.1) is 17.7 Å². The molecule has 16 nitrogen and oxygen atoms in total. The minimum Gasteiger partial charge on any atom is -0.478 e. The molecule has 3 saturated heterocycles. The topological polar surface area (TPSA) is 181 Å². The molecule has 0 radical (unpaired) electrons. The Kier molecular flexibility index (Phi) is 12.5. The maximum Gasteiger partial charge on any atom is 0.294 e. The van der Waals surface area contributed by atoms with Crippen LogP contribution < -0.4 is 31.1 Å². The quantitative estimate of drug-likeness (QED) is 0.133. The smallest absolute Gasteiger partial charge is 0.294 e. The van der Waals surface area contributed by atoms with Crippen molar-refractivity contribution in [3.63, 3.8) is 0 Å². The molecule has 3 N–H and O–H groups in total. The standard InChI is InChI=1S/C44H53ClFN11O5/c1-24(2)57-41-28(17-36(43(57)61)62-23-38(59)47-4)16-29(20-48-41)50-40-33(45)21-49-44(52-40)56-15-11-26(25(3)22-56)8-12-55-13-9-27(10-14-55)31-19-35-32(18-34(31)46)39(53-54(35)5)30-6-7-37(58)51-42(30)60/h16-21,24-27,30H,6-15,22-23H2,1-5H3,(H,47,59)(H,49,50,52)(H,51,58,60)/t25-,26?,30?/m0/s1. The van der Waals surface area contributed by atoms with Crippen LogP contribution >= 0.6 is 11.6 Å². The van der Waals surface area contributed by atoms with Crippen molar-refractivity contribution in [3.8, 4) is 5.75 Å². The van der Waals surface area contributed by atoms with E-state index in [1.54, 1.807) is 27.7 Å². The number of nitrogens with one attached hydrogen (secondary N) is 3. The number of amides is 3. The lowest BCUT2D eigenvalue weighted by Crippen LogP contribution is -2.42. The SMILES string of the molecule is CNC(=O)COc1cc2cc(Nc3nc(N4CCC(CCN5CCC(c6cc7c(cc6F)c(C6CCC(=O)NC6=O)nn7C)CC5)[C@@H](C)C4)ncc3Cl)cnc2n(C(C)C)c1=O. The molecule has 0 saturated carbocycles. The Balaban J connectivity index is 0.862. The van der Waals surface area contributed by atoms with E-state index in [-0.39, 0.29) is 59.8 Å². The van der Waals surface area contributed by atoms with Gasteiger partial charge in [0.25, 0.3) is 11.5 Å². The Morgan fingerprint density at radius 1 is 1.05 bits per heavy atom. The second kappa shape index (κ2) is 18.0. The molecule has 3 aliphatic rings. The summed E-state index contributed by atoms with van der Waals surface area (Å²) in [5, 5.41) is 14.4. The van der Waals surface area contributed by atoms with Crippen LogP contribution in [0.3, 0.4) is 0 Å². The minimum absolute atomic E-state index is 0.0515. The number of halogens is 2. The molecular weight excluding hydrogens is 817 g/mol. The molecule has 3 aliphatic heterocycles. The predicted octanol–water partition coefficient (Wildman–Crippen LogP) is 5.57. The van der Waals surface area contributed by atoms with Gasteiger partial charge in [-0.2, -0.15) is 10.1 Å². The van der Waals surface area contributed by atoms with Gasteiger partial charge in [0, 0.05) is 50.4 Å². The third kappa shape index (κ3) is 8.82. The van der Waals surface area contributed by atoms with E-state index >= 15 is 4.39 Å². The lowest BCUT2D eigenvalue weighted by atomic mass is 9.83. The summed E-state index contributed by atoms with van der Waals surface area (Å²) in [7, 11) is 3.32. The number of imide groups is 1. The number of pyridine rings is 2. The van der Waals surface area contributed by atoms with Crippen LogP contribution in [0.15, 0.2) is 41.5 Å². The summed E-state index contributed by atoms with van der Waals surface area (Å²) in [6.07, 6.45) is 7.63. The van der Waals surface area contributed by atoms with Gasteiger partial charge in [0.2, 0.25) is 17.8 Å². The number of likely N-dealkylation sites (N-methyl/N-ethyl adjacent to an activating group) is 1. The Morgan fingerprint density at radius 3 is 2.56 bits per heavy atom. The first-order valence-electron chi connectivity index (χ1n) is 21.4. The molecule has 0 aliphatic carbocycles. The first-order chi connectivity index (χ1) is 29.8. The highest BCUT2D eigenvalue weighted by Gasteiger charge is 2.33. The third-order valence-corrected chi connectivity index (χ3v) is 13.0. The zero-order valence-corrected chi connectivity index (χ0v) is 36.5. The highest BCUT2D eigenvalue weighted by atomic mass is 35.5. The number of hydrogen-bond donors (Lipinski definition) is 3. The Hall–Kier alpha value is -5.68. The molecule has 7 heterocycles. The molecule has 2 unspecified atom stereocenters. The fourth-order valence-electron chi connectivity index (χ4n) is 9.27. The van der Waals surface area contributed by atoms with Gasteiger partial charge in [0.05, 0.1) is 35.2 Å². The van der Waals surface area contributed by atoms with Gasteiger partial charge in [0.15, 0.2) is 18.2 Å². The largest absolute Gasteiger partial charge is 0.478 e.